The van der Waals surface area contributed by atoms with Gasteiger partial charge in [-0.25, -0.2) is 0 Å². The molecule has 4 nitrogen and oxygen atoms in total. The van der Waals surface area contributed by atoms with Crippen LogP contribution in [0, 0.1) is 6.92 Å². The normalized spacial score (nSPS) is 16.9. The van der Waals surface area contributed by atoms with Gasteiger partial charge in [-0.05, 0) is 56.2 Å². The SMILES string of the molecule is Cc1c(O)cccc1C(=O)N1c2ccc(N)cc2CC1C. The van der Waals surface area contributed by atoms with E-state index in [9.17, 15) is 9.90 Å². The molecule has 0 aromatic heterocycles. The van der Waals surface area contributed by atoms with E-state index < -0.39 is 0 Å². The number of nitrogens with two attached hydrogens (primary N) is 1. The van der Waals surface area contributed by atoms with Gasteiger partial charge in [0.2, 0.25) is 0 Å². The lowest BCUT2D eigenvalue weighted by Gasteiger charge is -2.23. The Bertz CT molecular complexity index is 725. The molecule has 2 aromatic rings. The molecule has 1 aliphatic rings. The van der Waals surface area contributed by atoms with Crippen molar-refractivity contribution in [3.05, 3.63) is 53.1 Å². The molecule has 3 N–H and O–H groups in total. The summed E-state index contributed by atoms with van der Waals surface area (Å²) in [6, 6.07) is 10.7. The number of benzene rings is 2. The molecule has 1 unspecified atom stereocenters. The number of nitrogens with zero attached hydrogens (tertiary/aromatic N) is 1. The van der Waals surface area contributed by atoms with Gasteiger partial charge in [-0.15, -0.1) is 0 Å². The summed E-state index contributed by atoms with van der Waals surface area (Å²) in [7, 11) is 0. The zero-order valence-electron chi connectivity index (χ0n) is 12.1. The van der Waals surface area contributed by atoms with Gasteiger partial charge >= 0.3 is 0 Å². The number of amides is 1. The Morgan fingerprint density at radius 3 is 2.86 bits per heavy atom. The lowest BCUT2D eigenvalue weighted by molar-refractivity contribution is 0.0980. The average molecular weight is 282 g/mol. The molecule has 0 radical (unpaired) electrons. The van der Waals surface area contributed by atoms with Crippen LogP contribution in [0.2, 0.25) is 0 Å². The van der Waals surface area contributed by atoms with Crippen LogP contribution in [-0.4, -0.2) is 17.1 Å². The summed E-state index contributed by atoms with van der Waals surface area (Å²) >= 11 is 0. The Hall–Kier alpha value is -2.49. The standard InChI is InChI=1S/C17H18N2O2/c1-10-8-12-9-13(18)6-7-15(12)19(10)17(21)14-4-3-5-16(20)11(14)2/h3-7,9-10,20H,8,18H2,1-2H3. The summed E-state index contributed by atoms with van der Waals surface area (Å²) in [4.78, 5) is 14.6. The van der Waals surface area contributed by atoms with Gasteiger partial charge in [-0.2, -0.15) is 0 Å². The number of phenols is 1. The Morgan fingerprint density at radius 1 is 1.33 bits per heavy atom. The van der Waals surface area contributed by atoms with E-state index in [0.717, 1.165) is 17.7 Å². The Morgan fingerprint density at radius 2 is 2.10 bits per heavy atom. The Labute approximate surface area is 123 Å². The molecule has 4 heteroatoms. The number of carbonyl (C=O) groups is 1. The van der Waals surface area contributed by atoms with Crippen LogP contribution >= 0.6 is 0 Å². The number of hydrogen-bond acceptors (Lipinski definition) is 3. The third-order valence-electron chi connectivity index (χ3n) is 4.07. The van der Waals surface area contributed by atoms with Crippen molar-refractivity contribution in [1.82, 2.24) is 0 Å². The first-order valence-corrected chi connectivity index (χ1v) is 6.99. The zero-order valence-corrected chi connectivity index (χ0v) is 12.1. The third-order valence-corrected chi connectivity index (χ3v) is 4.07. The monoisotopic (exact) mass is 282 g/mol. The molecule has 108 valence electrons. The van der Waals surface area contributed by atoms with Crippen LogP contribution < -0.4 is 10.6 Å². The van der Waals surface area contributed by atoms with Crippen molar-refractivity contribution < 1.29 is 9.90 Å². The van der Waals surface area contributed by atoms with Crippen molar-refractivity contribution in [2.24, 2.45) is 0 Å². The van der Waals surface area contributed by atoms with Gasteiger partial charge in [-0.1, -0.05) is 6.07 Å². The quantitative estimate of drug-likeness (QED) is 0.790. The fourth-order valence-electron chi connectivity index (χ4n) is 2.95. The predicted octanol–water partition coefficient (Wildman–Crippen LogP) is 2.87. The van der Waals surface area contributed by atoms with E-state index in [1.807, 2.05) is 25.1 Å². The molecule has 2 aromatic carbocycles. The maximum Gasteiger partial charge on any atom is 0.258 e. The average Bonchev–Trinajstić information content (AvgIpc) is 2.76. The summed E-state index contributed by atoms with van der Waals surface area (Å²) in [5.41, 5.74) is 9.67. The van der Waals surface area contributed by atoms with Crippen molar-refractivity contribution in [2.45, 2.75) is 26.3 Å². The van der Waals surface area contributed by atoms with E-state index in [1.54, 1.807) is 30.0 Å². The van der Waals surface area contributed by atoms with Crippen molar-refractivity contribution in [1.29, 1.82) is 0 Å². The van der Waals surface area contributed by atoms with Gasteiger partial charge in [-0.3, -0.25) is 4.79 Å². The van der Waals surface area contributed by atoms with Crippen molar-refractivity contribution >= 4 is 17.3 Å². The molecule has 21 heavy (non-hydrogen) atoms. The van der Waals surface area contributed by atoms with Crippen molar-refractivity contribution in [3.8, 4) is 5.75 Å². The molecule has 0 bridgehead atoms. The molecule has 3 rings (SSSR count). The highest BCUT2D eigenvalue weighted by molar-refractivity contribution is 6.09. The highest BCUT2D eigenvalue weighted by Gasteiger charge is 2.32. The second-order valence-electron chi connectivity index (χ2n) is 5.57. The summed E-state index contributed by atoms with van der Waals surface area (Å²) in [5.74, 6) is 0.0599. The van der Waals surface area contributed by atoms with Crippen LogP contribution in [0.3, 0.4) is 0 Å². The fourth-order valence-corrected chi connectivity index (χ4v) is 2.95. The van der Waals surface area contributed by atoms with E-state index >= 15 is 0 Å². The van der Waals surface area contributed by atoms with Crippen LogP contribution in [0.4, 0.5) is 11.4 Å². The Balaban J connectivity index is 2.05. The highest BCUT2D eigenvalue weighted by atomic mass is 16.3. The summed E-state index contributed by atoms with van der Waals surface area (Å²) in [6.45, 7) is 3.78. The molecule has 0 spiro atoms. The third kappa shape index (κ3) is 2.13. The molecule has 1 heterocycles. The molecule has 1 atom stereocenters. The minimum Gasteiger partial charge on any atom is -0.508 e. The van der Waals surface area contributed by atoms with E-state index in [-0.39, 0.29) is 17.7 Å². The first kappa shape index (κ1) is 13.5. The molecule has 0 aliphatic carbocycles. The zero-order chi connectivity index (χ0) is 15.1. The number of aromatic hydroxyl groups is 1. The lowest BCUT2D eigenvalue weighted by atomic mass is 10.1. The number of rotatable bonds is 1. The molecular formula is C17H18N2O2. The number of anilines is 2. The minimum absolute atomic E-state index is 0.0797. The van der Waals surface area contributed by atoms with Gasteiger partial charge in [0.15, 0.2) is 0 Å². The van der Waals surface area contributed by atoms with Gasteiger partial charge < -0.3 is 15.7 Å². The Kier molecular flexibility index (Phi) is 3.09. The first-order valence-electron chi connectivity index (χ1n) is 6.99. The predicted molar refractivity (Wildman–Crippen MR) is 83.7 cm³/mol. The first-order chi connectivity index (χ1) is 9.99. The number of carbonyl (C=O) groups excluding carboxylic acids is 1. The molecule has 0 saturated carbocycles. The number of nitrogen functional groups attached to an aromatic ring is 1. The topological polar surface area (TPSA) is 66.6 Å². The number of hydrogen-bond donors (Lipinski definition) is 2. The van der Waals surface area contributed by atoms with E-state index in [1.165, 1.54) is 0 Å². The van der Waals surface area contributed by atoms with Crippen molar-refractivity contribution in [3.63, 3.8) is 0 Å². The molecule has 0 fully saturated rings. The van der Waals surface area contributed by atoms with Crippen molar-refractivity contribution in [2.75, 3.05) is 10.6 Å². The van der Waals surface area contributed by atoms with Crippen LogP contribution in [0.5, 0.6) is 5.75 Å². The summed E-state index contributed by atoms with van der Waals surface area (Å²) < 4.78 is 0. The lowest BCUT2D eigenvalue weighted by Crippen LogP contribution is -2.36. The molecule has 1 aliphatic heterocycles. The summed E-state index contributed by atoms with van der Waals surface area (Å²) in [5, 5.41) is 9.80. The highest BCUT2D eigenvalue weighted by Crippen LogP contribution is 2.35. The van der Waals surface area contributed by atoms with E-state index in [2.05, 4.69) is 0 Å². The molecule has 1 amide bonds. The minimum atomic E-state index is -0.0839. The largest absolute Gasteiger partial charge is 0.508 e. The fraction of sp³-hybridized carbons (Fsp3) is 0.235. The summed E-state index contributed by atoms with van der Waals surface area (Å²) in [6.07, 6.45) is 0.796. The van der Waals surface area contributed by atoms with Gasteiger partial charge in [0, 0.05) is 28.5 Å². The smallest absolute Gasteiger partial charge is 0.258 e. The maximum absolute atomic E-state index is 12.9. The van der Waals surface area contributed by atoms with E-state index in [0.29, 0.717) is 16.8 Å². The van der Waals surface area contributed by atoms with Gasteiger partial charge in [0.05, 0.1) is 0 Å². The van der Waals surface area contributed by atoms with Gasteiger partial charge in [0.25, 0.3) is 5.91 Å². The van der Waals surface area contributed by atoms with Gasteiger partial charge in [0.1, 0.15) is 5.75 Å². The number of phenolic OH excluding ortho intramolecular Hbond substituents is 1. The number of fused-ring (bicyclic) bond motifs is 1. The second kappa shape index (κ2) is 4.81. The van der Waals surface area contributed by atoms with E-state index in [4.69, 9.17) is 5.73 Å². The molecular weight excluding hydrogens is 264 g/mol. The van der Waals surface area contributed by atoms with Crippen LogP contribution in [0.25, 0.3) is 0 Å². The maximum atomic E-state index is 12.9. The molecule has 0 saturated heterocycles. The van der Waals surface area contributed by atoms with Crippen LogP contribution in [0.15, 0.2) is 36.4 Å². The van der Waals surface area contributed by atoms with Crippen LogP contribution in [0.1, 0.15) is 28.4 Å². The second-order valence-corrected chi connectivity index (χ2v) is 5.57. The van der Waals surface area contributed by atoms with Crippen LogP contribution in [-0.2, 0) is 6.42 Å².